The Morgan fingerprint density at radius 2 is 1.83 bits per heavy atom. The molecule has 150 valence electrons. The first kappa shape index (κ1) is 21.2. The number of carbonyl (C=O) groups excluding carboxylic acids is 1. The maximum atomic E-state index is 12.2. The molecule has 1 amide bonds. The maximum absolute atomic E-state index is 12.2. The van der Waals surface area contributed by atoms with Gasteiger partial charge in [-0.1, -0.05) is 53.0 Å². The number of amides is 1. The van der Waals surface area contributed by atoms with Crippen LogP contribution < -0.4 is 10.1 Å². The fourth-order valence-corrected chi connectivity index (χ4v) is 3.28. The van der Waals surface area contributed by atoms with Gasteiger partial charge in [0.25, 0.3) is 0 Å². The van der Waals surface area contributed by atoms with Gasteiger partial charge in [0, 0.05) is 30.9 Å². The van der Waals surface area contributed by atoms with E-state index in [4.69, 9.17) is 39.5 Å². The average Bonchev–Trinajstić information content (AvgIpc) is 2.70. The van der Waals surface area contributed by atoms with Crippen LogP contribution in [0.5, 0.6) is 5.75 Å². The third-order valence-corrected chi connectivity index (χ3v) is 5.16. The Kier molecular flexibility index (Phi) is 6.85. The number of rotatable bonds is 5. The fraction of sp³-hybridized carbons (Fsp3) is 0.143. The maximum Gasteiger partial charge on any atom is 0.414 e. The number of halogens is 3. The summed E-state index contributed by atoms with van der Waals surface area (Å²) < 4.78 is 5.56. The number of hydrogen-bond donors (Lipinski definition) is 1. The minimum absolute atomic E-state index is 0.345. The number of carbonyl (C=O) groups is 1. The molecule has 5 nitrogen and oxygen atoms in total. The summed E-state index contributed by atoms with van der Waals surface area (Å²) in [7, 11) is 3.21. The van der Waals surface area contributed by atoms with Crippen LogP contribution in [-0.4, -0.2) is 30.1 Å². The molecule has 1 aromatic heterocycles. The number of nitrogens with zero attached hydrogens (tertiary/aromatic N) is 2. The van der Waals surface area contributed by atoms with E-state index in [0.717, 1.165) is 0 Å². The molecule has 1 heterocycles. The number of nitrogens with one attached hydrogen (secondary N) is 1. The first-order valence-electron chi connectivity index (χ1n) is 8.67. The van der Waals surface area contributed by atoms with Crippen LogP contribution >= 0.6 is 34.8 Å². The molecule has 29 heavy (non-hydrogen) atoms. The van der Waals surface area contributed by atoms with Crippen molar-refractivity contribution in [1.82, 2.24) is 9.88 Å². The number of ether oxygens (including phenoxy) is 1. The molecule has 0 aliphatic rings. The molecule has 0 bridgehead atoms. The van der Waals surface area contributed by atoms with E-state index in [1.165, 1.54) is 4.90 Å². The summed E-state index contributed by atoms with van der Waals surface area (Å²) in [6.45, 7) is 0. The molecule has 1 unspecified atom stereocenters. The molecule has 0 radical (unpaired) electrons. The summed E-state index contributed by atoms with van der Waals surface area (Å²) in [6.07, 6.45) is 1.16. The van der Waals surface area contributed by atoms with Crippen LogP contribution in [0.25, 0.3) is 0 Å². The highest BCUT2D eigenvalue weighted by atomic mass is 35.5. The Morgan fingerprint density at radius 3 is 2.52 bits per heavy atom. The van der Waals surface area contributed by atoms with Crippen molar-refractivity contribution in [2.75, 3.05) is 19.4 Å². The number of aromatic nitrogens is 1. The van der Waals surface area contributed by atoms with Crippen molar-refractivity contribution in [2.24, 2.45) is 0 Å². The molecule has 3 aromatic rings. The van der Waals surface area contributed by atoms with E-state index in [9.17, 15) is 4.79 Å². The lowest BCUT2D eigenvalue weighted by Gasteiger charge is -2.24. The fourth-order valence-electron chi connectivity index (χ4n) is 2.69. The summed E-state index contributed by atoms with van der Waals surface area (Å²) >= 11 is 19.0. The topological polar surface area (TPSA) is 54.5 Å². The number of anilines is 1. The summed E-state index contributed by atoms with van der Waals surface area (Å²) in [5.74, 6) is 0.955. The smallest absolute Gasteiger partial charge is 0.410 e. The Labute approximate surface area is 184 Å². The highest BCUT2D eigenvalue weighted by molar-refractivity contribution is 6.42. The van der Waals surface area contributed by atoms with Crippen molar-refractivity contribution in [3.05, 3.63) is 87.0 Å². The molecule has 0 aliphatic heterocycles. The molecule has 0 spiro atoms. The van der Waals surface area contributed by atoms with E-state index in [1.807, 2.05) is 24.3 Å². The second-order valence-corrected chi connectivity index (χ2v) is 7.60. The number of benzene rings is 2. The predicted molar refractivity (Wildman–Crippen MR) is 117 cm³/mol. The predicted octanol–water partition coefficient (Wildman–Crippen LogP) is 6.30. The summed E-state index contributed by atoms with van der Waals surface area (Å²) in [5, 5.41) is 4.60. The molecular formula is C21H18Cl3N3O2. The van der Waals surface area contributed by atoms with Crippen LogP contribution in [0.15, 0.2) is 60.8 Å². The molecular weight excluding hydrogens is 433 g/mol. The third-order valence-electron chi connectivity index (χ3n) is 4.09. The van der Waals surface area contributed by atoms with Gasteiger partial charge in [-0.25, -0.2) is 9.78 Å². The SMILES string of the molecule is CN(C)C(=O)Oc1ccc(Cl)cc1C(Nc1ccccn1)c1cccc(Cl)c1Cl. The van der Waals surface area contributed by atoms with E-state index in [-0.39, 0.29) is 0 Å². The van der Waals surface area contributed by atoms with Gasteiger partial charge in [0.2, 0.25) is 0 Å². The van der Waals surface area contributed by atoms with Crippen LogP contribution in [0, 0.1) is 0 Å². The highest BCUT2D eigenvalue weighted by Crippen LogP contribution is 2.39. The van der Waals surface area contributed by atoms with E-state index >= 15 is 0 Å². The van der Waals surface area contributed by atoms with Crippen LogP contribution in [-0.2, 0) is 0 Å². The van der Waals surface area contributed by atoms with Gasteiger partial charge in [-0.05, 0) is 42.0 Å². The Morgan fingerprint density at radius 1 is 1.03 bits per heavy atom. The van der Waals surface area contributed by atoms with Gasteiger partial charge in [0.1, 0.15) is 11.6 Å². The summed E-state index contributed by atoms with van der Waals surface area (Å²) in [6, 6.07) is 15.3. The van der Waals surface area contributed by atoms with Gasteiger partial charge < -0.3 is 15.0 Å². The second-order valence-electron chi connectivity index (χ2n) is 6.38. The molecule has 8 heteroatoms. The Hall–Kier alpha value is -2.47. The van der Waals surface area contributed by atoms with Crippen molar-refractivity contribution in [3.8, 4) is 5.75 Å². The van der Waals surface area contributed by atoms with Crippen LogP contribution in [0.3, 0.4) is 0 Å². The summed E-state index contributed by atoms with van der Waals surface area (Å²) in [4.78, 5) is 17.8. The average molecular weight is 451 g/mol. The lowest BCUT2D eigenvalue weighted by Crippen LogP contribution is -2.26. The first-order valence-corrected chi connectivity index (χ1v) is 9.80. The van der Waals surface area contributed by atoms with Gasteiger partial charge in [-0.2, -0.15) is 0 Å². The largest absolute Gasteiger partial charge is 0.414 e. The molecule has 0 saturated heterocycles. The lowest BCUT2D eigenvalue weighted by atomic mass is 9.97. The summed E-state index contributed by atoms with van der Waals surface area (Å²) in [5.41, 5.74) is 1.30. The Bertz CT molecular complexity index is 1010. The van der Waals surface area contributed by atoms with Crippen LogP contribution in [0.2, 0.25) is 15.1 Å². The van der Waals surface area contributed by atoms with Gasteiger partial charge in [0.15, 0.2) is 0 Å². The van der Waals surface area contributed by atoms with Crippen molar-refractivity contribution >= 4 is 46.7 Å². The molecule has 0 fully saturated rings. The van der Waals surface area contributed by atoms with E-state index in [2.05, 4.69) is 10.3 Å². The number of pyridine rings is 1. The lowest BCUT2D eigenvalue weighted by molar-refractivity contribution is 0.171. The second kappa shape index (κ2) is 9.35. The van der Waals surface area contributed by atoms with Crippen molar-refractivity contribution in [1.29, 1.82) is 0 Å². The quantitative estimate of drug-likeness (QED) is 0.495. The third kappa shape index (κ3) is 5.12. The minimum atomic E-state index is -0.528. The monoisotopic (exact) mass is 449 g/mol. The zero-order valence-electron chi connectivity index (χ0n) is 15.7. The van der Waals surface area contributed by atoms with E-state index in [0.29, 0.717) is 37.8 Å². The van der Waals surface area contributed by atoms with E-state index in [1.54, 1.807) is 50.6 Å². The Balaban J connectivity index is 2.14. The minimum Gasteiger partial charge on any atom is -0.410 e. The molecule has 0 aliphatic carbocycles. The molecule has 1 N–H and O–H groups in total. The zero-order valence-corrected chi connectivity index (χ0v) is 18.0. The van der Waals surface area contributed by atoms with E-state index < -0.39 is 12.1 Å². The van der Waals surface area contributed by atoms with Crippen molar-refractivity contribution in [3.63, 3.8) is 0 Å². The van der Waals surface area contributed by atoms with Crippen molar-refractivity contribution < 1.29 is 9.53 Å². The van der Waals surface area contributed by atoms with Gasteiger partial charge in [-0.3, -0.25) is 0 Å². The van der Waals surface area contributed by atoms with Crippen LogP contribution in [0.1, 0.15) is 17.2 Å². The molecule has 3 rings (SSSR count). The normalized spacial score (nSPS) is 11.6. The standard InChI is InChI=1S/C21H18Cl3N3O2/c1-27(2)21(28)29-17-10-9-13(22)12-15(17)20(26-18-8-3-4-11-25-18)14-6-5-7-16(23)19(14)24/h3-12,20H,1-2H3,(H,25,26). The van der Waals surface area contributed by atoms with Gasteiger partial charge in [0.05, 0.1) is 16.1 Å². The zero-order chi connectivity index (χ0) is 21.0. The number of hydrogen-bond acceptors (Lipinski definition) is 4. The molecule has 2 aromatic carbocycles. The highest BCUT2D eigenvalue weighted by Gasteiger charge is 2.24. The first-order chi connectivity index (χ1) is 13.9. The van der Waals surface area contributed by atoms with Crippen LogP contribution in [0.4, 0.5) is 10.6 Å². The molecule has 1 atom stereocenters. The van der Waals surface area contributed by atoms with Gasteiger partial charge >= 0.3 is 6.09 Å². The molecule has 0 saturated carbocycles. The van der Waals surface area contributed by atoms with Gasteiger partial charge in [-0.15, -0.1) is 0 Å². The van der Waals surface area contributed by atoms with Crippen molar-refractivity contribution in [2.45, 2.75) is 6.04 Å².